The summed E-state index contributed by atoms with van der Waals surface area (Å²) in [6.45, 7) is 0. The zero-order chi connectivity index (χ0) is 16.4. The van der Waals surface area contributed by atoms with Gasteiger partial charge in [-0.15, -0.1) is 15.3 Å². The first-order valence-electron chi connectivity index (χ1n) is 8.38. The Morgan fingerprint density at radius 3 is 2.92 bits per heavy atom. The van der Waals surface area contributed by atoms with Gasteiger partial charge in [0.05, 0.1) is 23.6 Å². The van der Waals surface area contributed by atoms with E-state index >= 15 is 0 Å². The van der Waals surface area contributed by atoms with Gasteiger partial charge < -0.3 is 0 Å². The molecule has 5 aromatic rings. The number of hydrogen-bond donors (Lipinski definition) is 0. The normalized spacial score (nSPS) is 14.9. The summed E-state index contributed by atoms with van der Waals surface area (Å²) in [5, 5.41) is 18.4. The van der Waals surface area contributed by atoms with E-state index in [1.807, 2.05) is 39.4 Å². The quantitative estimate of drug-likeness (QED) is 0.506. The summed E-state index contributed by atoms with van der Waals surface area (Å²) in [5.41, 5.74) is 3.74. The molecule has 8 nitrogen and oxygen atoms in total. The summed E-state index contributed by atoms with van der Waals surface area (Å²) >= 11 is 0. The van der Waals surface area contributed by atoms with Crippen LogP contribution in [0.15, 0.2) is 43.0 Å². The minimum atomic E-state index is 0.626. The average Bonchev–Trinajstić information content (AvgIpc) is 3.06. The summed E-state index contributed by atoms with van der Waals surface area (Å²) in [6.07, 6.45) is 9.15. The smallest absolute Gasteiger partial charge is 0.259 e. The van der Waals surface area contributed by atoms with Gasteiger partial charge in [-0.2, -0.15) is 4.68 Å². The Hall–Kier alpha value is -3.29. The number of benzene rings is 1. The first-order chi connectivity index (χ1) is 12.4. The minimum Gasteiger partial charge on any atom is -0.284 e. The fourth-order valence-electron chi connectivity index (χ4n) is 3.43. The molecule has 0 saturated heterocycles. The van der Waals surface area contributed by atoms with E-state index in [4.69, 9.17) is 0 Å². The molecule has 0 unspecified atom stereocenters. The summed E-state index contributed by atoms with van der Waals surface area (Å²) in [5.74, 6) is 1.39. The first kappa shape index (κ1) is 13.1. The highest BCUT2D eigenvalue weighted by molar-refractivity contribution is 5.94. The van der Waals surface area contributed by atoms with Gasteiger partial charge in [0, 0.05) is 5.39 Å². The van der Waals surface area contributed by atoms with E-state index in [0.29, 0.717) is 5.95 Å². The lowest BCUT2D eigenvalue weighted by Gasteiger charge is -2.06. The van der Waals surface area contributed by atoms with Crippen LogP contribution in [0.3, 0.4) is 0 Å². The number of rotatable bonds is 3. The van der Waals surface area contributed by atoms with E-state index < -0.39 is 0 Å². The topological polar surface area (TPSA) is 78.2 Å². The molecule has 1 fully saturated rings. The molecule has 122 valence electrons. The predicted molar refractivity (Wildman–Crippen MR) is 90.6 cm³/mol. The Morgan fingerprint density at radius 1 is 1.08 bits per heavy atom. The molecule has 1 aliphatic carbocycles. The SMILES string of the molecule is c1ccc2c(c1)c1nnc(-n3cc(CC4CC4)nn3)n1c1cncn21. The van der Waals surface area contributed by atoms with Crippen molar-refractivity contribution in [3.63, 3.8) is 0 Å². The van der Waals surface area contributed by atoms with Gasteiger partial charge in [0.15, 0.2) is 5.65 Å². The number of hydrogen-bond acceptors (Lipinski definition) is 5. The Bertz CT molecular complexity index is 1240. The maximum Gasteiger partial charge on any atom is 0.259 e. The Labute approximate surface area is 141 Å². The van der Waals surface area contributed by atoms with Crippen LogP contribution in [-0.2, 0) is 6.42 Å². The molecule has 6 rings (SSSR count). The van der Waals surface area contributed by atoms with Crippen LogP contribution in [0.25, 0.3) is 28.1 Å². The second kappa shape index (κ2) is 4.62. The molecule has 4 heterocycles. The highest BCUT2D eigenvalue weighted by atomic mass is 15.5. The van der Waals surface area contributed by atoms with E-state index in [0.717, 1.165) is 40.2 Å². The minimum absolute atomic E-state index is 0.626. The van der Waals surface area contributed by atoms with Crippen molar-refractivity contribution in [2.45, 2.75) is 19.3 Å². The van der Waals surface area contributed by atoms with Crippen LogP contribution in [0.1, 0.15) is 18.5 Å². The number of para-hydroxylation sites is 1. The van der Waals surface area contributed by atoms with Gasteiger partial charge in [-0.05, 0) is 37.3 Å². The third kappa shape index (κ3) is 1.84. The van der Waals surface area contributed by atoms with Crippen LogP contribution < -0.4 is 0 Å². The molecule has 8 heteroatoms. The van der Waals surface area contributed by atoms with Crippen molar-refractivity contribution < 1.29 is 0 Å². The molecule has 0 bridgehead atoms. The van der Waals surface area contributed by atoms with E-state index in [1.54, 1.807) is 11.0 Å². The molecule has 25 heavy (non-hydrogen) atoms. The molecule has 0 aliphatic heterocycles. The fraction of sp³-hybridized carbons (Fsp3) is 0.235. The third-order valence-electron chi connectivity index (χ3n) is 4.84. The van der Waals surface area contributed by atoms with Gasteiger partial charge >= 0.3 is 0 Å². The van der Waals surface area contributed by atoms with Crippen molar-refractivity contribution in [2.24, 2.45) is 5.92 Å². The molecule has 0 spiro atoms. The summed E-state index contributed by atoms with van der Waals surface area (Å²) in [6, 6.07) is 8.11. The molecule has 4 aromatic heterocycles. The molecular weight excluding hydrogens is 316 g/mol. The van der Waals surface area contributed by atoms with E-state index in [-0.39, 0.29) is 0 Å². The number of nitrogens with zero attached hydrogens (tertiary/aromatic N) is 8. The summed E-state index contributed by atoms with van der Waals surface area (Å²) in [4.78, 5) is 4.31. The monoisotopic (exact) mass is 330 g/mol. The lowest BCUT2D eigenvalue weighted by atomic mass is 10.2. The summed E-state index contributed by atoms with van der Waals surface area (Å²) in [7, 11) is 0. The van der Waals surface area contributed by atoms with Crippen molar-refractivity contribution in [3.8, 4) is 5.95 Å². The Kier molecular flexibility index (Phi) is 2.41. The summed E-state index contributed by atoms with van der Waals surface area (Å²) < 4.78 is 5.72. The second-order valence-electron chi connectivity index (χ2n) is 6.60. The standard InChI is InChI=1S/C17H14N8/c1-2-4-14-13(3-1)16-20-21-17(25(16)15-8-18-10-23(14)15)24-9-12(19-22-24)7-11-5-6-11/h1-4,8-11H,5-7H2. The highest BCUT2D eigenvalue weighted by Crippen LogP contribution is 2.32. The zero-order valence-corrected chi connectivity index (χ0v) is 13.3. The van der Waals surface area contributed by atoms with Crippen LogP contribution in [0.2, 0.25) is 0 Å². The largest absolute Gasteiger partial charge is 0.284 e. The van der Waals surface area contributed by atoms with Crippen LogP contribution in [-0.4, -0.2) is 39.0 Å². The molecule has 0 atom stereocenters. The van der Waals surface area contributed by atoms with E-state index in [9.17, 15) is 0 Å². The third-order valence-corrected chi connectivity index (χ3v) is 4.84. The maximum atomic E-state index is 4.42. The van der Waals surface area contributed by atoms with Gasteiger partial charge in [-0.1, -0.05) is 17.3 Å². The Balaban J connectivity index is 1.64. The fourth-order valence-corrected chi connectivity index (χ4v) is 3.43. The molecule has 0 N–H and O–H groups in total. The molecular formula is C17H14N8. The van der Waals surface area contributed by atoms with Gasteiger partial charge in [0.25, 0.3) is 5.95 Å². The molecule has 1 aliphatic rings. The average molecular weight is 330 g/mol. The zero-order valence-electron chi connectivity index (χ0n) is 13.3. The van der Waals surface area contributed by atoms with Gasteiger partial charge in [0.2, 0.25) is 0 Å². The van der Waals surface area contributed by atoms with Crippen molar-refractivity contribution in [2.75, 3.05) is 0 Å². The van der Waals surface area contributed by atoms with Crippen LogP contribution in [0.4, 0.5) is 0 Å². The van der Waals surface area contributed by atoms with Crippen LogP contribution in [0.5, 0.6) is 0 Å². The van der Waals surface area contributed by atoms with Crippen molar-refractivity contribution >= 4 is 22.2 Å². The number of imidazole rings is 1. The first-order valence-corrected chi connectivity index (χ1v) is 8.38. The van der Waals surface area contributed by atoms with Crippen molar-refractivity contribution in [1.82, 2.24) is 39.0 Å². The second-order valence-corrected chi connectivity index (χ2v) is 6.60. The van der Waals surface area contributed by atoms with Crippen LogP contribution >= 0.6 is 0 Å². The lowest BCUT2D eigenvalue weighted by Crippen LogP contribution is -2.04. The van der Waals surface area contributed by atoms with Gasteiger partial charge in [-0.3, -0.25) is 4.40 Å². The van der Waals surface area contributed by atoms with Crippen molar-refractivity contribution in [3.05, 3.63) is 48.7 Å². The molecule has 1 saturated carbocycles. The van der Waals surface area contributed by atoms with E-state index in [2.05, 4.69) is 31.6 Å². The molecule has 0 radical (unpaired) electrons. The maximum absolute atomic E-state index is 4.42. The molecule has 1 aromatic carbocycles. The van der Waals surface area contributed by atoms with Crippen molar-refractivity contribution in [1.29, 1.82) is 0 Å². The predicted octanol–water partition coefficient (Wildman–Crippen LogP) is 2.06. The number of fused-ring (bicyclic) bond motifs is 6. The van der Waals surface area contributed by atoms with Gasteiger partial charge in [-0.25, -0.2) is 9.38 Å². The Morgan fingerprint density at radius 2 is 2.00 bits per heavy atom. The lowest BCUT2D eigenvalue weighted by molar-refractivity contribution is 0.740. The number of aromatic nitrogens is 8. The van der Waals surface area contributed by atoms with Crippen LogP contribution in [0, 0.1) is 5.92 Å². The highest BCUT2D eigenvalue weighted by Gasteiger charge is 2.23. The van der Waals surface area contributed by atoms with E-state index in [1.165, 1.54) is 12.8 Å². The van der Waals surface area contributed by atoms with Gasteiger partial charge in [0.1, 0.15) is 12.0 Å². The molecule has 0 amide bonds.